The van der Waals surface area contributed by atoms with Crippen LogP contribution in [0.4, 0.5) is 11.4 Å². The largest absolute Gasteiger partial charge is 0.397 e. The summed E-state index contributed by atoms with van der Waals surface area (Å²) in [7, 11) is 0. The van der Waals surface area contributed by atoms with Gasteiger partial charge in [0.05, 0.1) is 17.1 Å². The predicted octanol–water partition coefficient (Wildman–Crippen LogP) is 3.37. The molecule has 2 rings (SSSR count). The lowest BCUT2D eigenvalue weighted by Crippen LogP contribution is -2.18. The van der Waals surface area contributed by atoms with Crippen molar-refractivity contribution in [3.63, 3.8) is 0 Å². The first-order valence-electron chi connectivity index (χ1n) is 6.90. The van der Waals surface area contributed by atoms with Crippen molar-refractivity contribution in [2.75, 3.05) is 11.1 Å². The predicted molar refractivity (Wildman–Crippen MR) is 88.5 cm³/mol. The van der Waals surface area contributed by atoms with E-state index in [4.69, 9.17) is 5.73 Å². The van der Waals surface area contributed by atoms with E-state index in [0.717, 1.165) is 22.2 Å². The fourth-order valence-electron chi connectivity index (χ4n) is 2.15. The average molecular weight is 351 g/mol. The molecule has 2 aromatic rings. The smallest absolute Gasteiger partial charge is 0.274 e. The number of nitrogen functional groups attached to an aromatic ring is 1. The minimum absolute atomic E-state index is 0.208. The minimum atomic E-state index is -0.208. The normalized spacial score (nSPS) is 10.7. The number of nitrogens with two attached hydrogens (primary N) is 1. The second kappa shape index (κ2) is 6.30. The van der Waals surface area contributed by atoms with E-state index in [2.05, 4.69) is 26.3 Å². The van der Waals surface area contributed by atoms with Crippen LogP contribution in [0.5, 0.6) is 0 Å². The highest BCUT2D eigenvalue weighted by Crippen LogP contribution is 2.30. The SMILES string of the molecule is CCc1cc(C(=O)Nc2c(N)cc(C)cc2Br)n(CC)n1. The molecular weight excluding hydrogens is 332 g/mol. The Morgan fingerprint density at radius 3 is 2.67 bits per heavy atom. The Bertz CT molecular complexity index is 655. The molecule has 0 spiro atoms. The molecule has 0 fully saturated rings. The number of anilines is 2. The van der Waals surface area contributed by atoms with Gasteiger partial charge in [-0.2, -0.15) is 5.10 Å². The van der Waals surface area contributed by atoms with Gasteiger partial charge in [-0.05, 0) is 60.0 Å². The third-order valence-electron chi connectivity index (χ3n) is 3.23. The molecule has 0 unspecified atom stereocenters. The fourth-order valence-corrected chi connectivity index (χ4v) is 2.83. The highest BCUT2D eigenvalue weighted by molar-refractivity contribution is 9.10. The van der Waals surface area contributed by atoms with Gasteiger partial charge in [-0.15, -0.1) is 0 Å². The number of aryl methyl sites for hydroxylation is 3. The quantitative estimate of drug-likeness (QED) is 0.830. The van der Waals surface area contributed by atoms with E-state index in [-0.39, 0.29) is 5.91 Å². The summed E-state index contributed by atoms with van der Waals surface area (Å²) in [5.74, 6) is -0.208. The van der Waals surface area contributed by atoms with E-state index >= 15 is 0 Å². The third-order valence-corrected chi connectivity index (χ3v) is 3.85. The number of carbonyl (C=O) groups is 1. The summed E-state index contributed by atoms with van der Waals surface area (Å²) < 4.78 is 2.47. The maximum absolute atomic E-state index is 12.5. The number of carbonyl (C=O) groups excluding carboxylic acids is 1. The van der Waals surface area contributed by atoms with Crippen LogP contribution < -0.4 is 11.1 Å². The van der Waals surface area contributed by atoms with Crippen LogP contribution in [0, 0.1) is 6.92 Å². The van der Waals surface area contributed by atoms with Gasteiger partial charge in [-0.1, -0.05) is 6.92 Å². The molecule has 1 aromatic heterocycles. The molecule has 1 aromatic carbocycles. The maximum Gasteiger partial charge on any atom is 0.274 e. The highest BCUT2D eigenvalue weighted by Gasteiger charge is 2.16. The molecule has 0 radical (unpaired) electrons. The summed E-state index contributed by atoms with van der Waals surface area (Å²) >= 11 is 3.44. The molecule has 0 aliphatic carbocycles. The van der Waals surface area contributed by atoms with E-state index in [0.29, 0.717) is 23.6 Å². The molecule has 0 saturated carbocycles. The summed E-state index contributed by atoms with van der Waals surface area (Å²) in [6, 6.07) is 5.56. The Balaban J connectivity index is 2.32. The number of aromatic nitrogens is 2. The number of hydrogen-bond donors (Lipinski definition) is 2. The zero-order chi connectivity index (χ0) is 15.6. The summed E-state index contributed by atoms with van der Waals surface area (Å²) in [6.07, 6.45) is 0.795. The first-order chi connectivity index (χ1) is 9.96. The van der Waals surface area contributed by atoms with Crippen LogP contribution in [0.3, 0.4) is 0 Å². The summed E-state index contributed by atoms with van der Waals surface area (Å²) in [5, 5.41) is 7.24. The molecule has 0 bridgehead atoms. The number of hydrogen-bond acceptors (Lipinski definition) is 3. The fraction of sp³-hybridized carbons (Fsp3) is 0.333. The zero-order valence-electron chi connectivity index (χ0n) is 12.4. The molecule has 0 atom stereocenters. The summed E-state index contributed by atoms with van der Waals surface area (Å²) in [4.78, 5) is 12.5. The van der Waals surface area contributed by atoms with Crippen molar-refractivity contribution >= 4 is 33.2 Å². The van der Waals surface area contributed by atoms with Crippen LogP contribution in [0.2, 0.25) is 0 Å². The number of nitrogens with zero attached hydrogens (tertiary/aromatic N) is 2. The molecule has 112 valence electrons. The van der Waals surface area contributed by atoms with Gasteiger partial charge in [0.2, 0.25) is 0 Å². The molecule has 5 nitrogen and oxygen atoms in total. The molecule has 3 N–H and O–H groups in total. The van der Waals surface area contributed by atoms with Crippen molar-refractivity contribution in [3.05, 3.63) is 39.6 Å². The zero-order valence-corrected chi connectivity index (χ0v) is 14.0. The van der Waals surface area contributed by atoms with Crippen LogP contribution in [0.1, 0.15) is 35.6 Å². The topological polar surface area (TPSA) is 72.9 Å². The van der Waals surface area contributed by atoms with Crippen LogP contribution in [-0.4, -0.2) is 15.7 Å². The van der Waals surface area contributed by atoms with Crippen LogP contribution in [0.25, 0.3) is 0 Å². The van der Waals surface area contributed by atoms with Gasteiger partial charge >= 0.3 is 0 Å². The lowest BCUT2D eigenvalue weighted by molar-refractivity contribution is 0.101. The Hall–Kier alpha value is -1.82. The van der Waals surface area contributed by atoms with Gasteiger partial charge < -0.3 is 11.1 Å². The number of rotatable bonds is 4. The second-order valence-corrected chi connectivity index (χ2v) is 5.71. The van der Waals surface area contributed by atoms with E-state index in [1.54, 1.807) is 4.68 Å². The number of amides is 1. The molecule has 21 heavy (non-hydrogen) atoms. The molecule has 1 amide bonds. The van der Waals surface area contributed by atoms with Gasteiger partial charge in [0.1, 0.15) is 5.69 Å². The van der Waals surface area contributed by atoms with Gasteiger partial charge in [-0.3, -0.25) is 9.48 Å². The number of nitrogens with one attached hydrogen (secondary N) is 1. The van der Waals surface area contributed by atoms with Crippen molar-refractivity contribution < 1.29 is 4.79 Å². The average Bonchev–Trinajstić information content (AvgIpc) is 2.86. The molecule has 0 aliphatic rings. The minimum Gasteiger partial charge on any atom is -0.397 e. The molecule has 0 aliphatic heterocycles. The van der Waals surface area contributed by atoms with Crippen molar-refractivity contribution in [2.45, 2.75) is 33.7 Å². The Labute approximate surface area is 132 Å². The van der Waals surface area contributed by atoms with E-state index in [1.165, 1.54) is 0 Å². The number of halogens is 1. The first-order valence-corrected chi connectivity index (χ1v) is 7.69. The van der Waals surface area contributed by atoms with Gasteiger partial charge in [-0.25, -0.2) is 0 Å². The lowest BCUT2D eigenvalue weighted by Gasteiger charge is -2.12. The standard InChI is InChI=1S/C15H19BrN4O/c1-4-10-8-13(20(5-2)19-10)15(21)18-14-11(16)6-9(3)7-12(14)17/h6-8H,4-5,17H2,1-3H3,(H,18,21). The van der Waals surface area contributed by atoms with Gasteiger partial charge in [0, 0.05) is 11.0 Å². The molecule has 1 heterocycles. The van der Waals surface area contributed by atoms with Crippen molar-refractivity contribution in [2.24, 2.45) is 0 Å². The molecule has 0 saturated heterocycles. The van der Waals surface area contributed by atoms with Gasteiger partial charge in [0.25, 0.3) is 5.91 Å². The van der Waals surface area contributed by atoms with Crippen LogP contribution >= 0.6 is 15.9 Å². The van der Waals surface area contributed by atoms with Gasteiger partial charge in [0.15, 0.2) is 0 Å². The van der Waals surface area contributed by atoms with Crippen molar-refractivity contribution in [1.82, 2.24) is 9.78 Å². The van der Waals surface area contributed by atoms with Crippen LogP contribution in [0.15, 0.2) is 22.7 Å². The Morgan fingerprint density at radius 1 is 1.38 bits per heavy atom. The lowest BCUT2D eigenvalue weighted by atomic mass is 10.2. The summed E-state index contributed by atoms with van der Waals surface area (Å²) in [5.41, 5.74) is 9.58. The highest BCUT2D eigenvalue weighted by atomic mass is 79.9. The molecule has 6 heteroatoms. The van der Waals surface area contributed by atoms with Crippen molar-refractivity contribution in [1.29, 1.82) is 0 Å². The number of benzene rings is 1. The monoisotopic (exact) mass is 350 g/mol. The van der Waals surface area contributed by atoms with E-state index in [1.807, 2.05) is 39.0 Å². The Kier molecular flexibility index (Phi) is 4.67. The Morgan fingerprint density at radius 2 is 2.10 bits per heavy atom. The van der Waals surface area contributed by atoms with E-state index < -0.39 is 0 Å². The van der Waals surface area contributed by atoms with E-state index in [9.17, 15) is 4.79 Å². The first kappa shape index (κ1) is 15.6. The third kappa shape index (κ3) is 3.26. The van der Waals surface area contributed by atoms with Crippen molar-refractivity contribution in [3.8, 4) is 0 Å². The maximum atomic E-state index is 12.5. The summed E-state index contributed by atoms with van der Waals surface area (Å²) in [6.45, 7) is 6.57. The second-order valence-electron chi connectivity index (χ2n) is 4.86. The van der Waals surface area contributed by atoms with Crippen LogP contribution in [-0.2, 0) is 13.0 Å². The molecular formula is C15H19BrN4O.